The third kappa shape index (κ3) is 2.58. The van der Waals surface area contributed by atoms with Crippen molar-refractivity contribution < 1.29 is 4.74 Å². The molecule has 3 heteroatoms. The van der Waals surface area contributed by atoms with Gasteiger partial charge in [0.15, 0.2) is 0 Å². The average Bonchev–Trinajstić information content (AvgIpc) is 2.15. The fourth-order valence-corrected chi connectivity index (χ4v) is 1.73. The molecule has 0 aliphatic heterocycles. The summed E-state index contributed by atoms with van der Waals surface area (Å²) in [6.45, 7) is 0. The zero-order chi connectivity index (χ0) is 8.81. The van der Waals surface area contributed by atoms with Gasteiger partial charge in [0.25, 0.3) is 0 Å². The van der Waals surface area contributed by atoms with Crippen molar-refractivity contribution in [3.63, 3.8) is 0 Å². The molecular formula is C9H9NOSe. The van der Waals surface area contributed by atoms with Gasteiger partial charge in [-0.2, -0.15) is 0 Å². The van der Waals surface area contributed by atoms with E-state index >= 15 is 0 Å². The molecule has 2 nitrogen and oxygen atoms in total. The number of ether oxygens (including phenoxy) is 1. The molecule has 12 heavy (non-hydrogen) atoms. The second-order valence-electron chi connectivity index (χ2n) is 2.23. The van der Waals surface area contributed by atoms with Crippen molar-refractivity contribution in [2.45, 2.75) is 5.32 Å². The number of nitrogens with zero attached hydrogens (tertiary/aromatic N) is 1. The molecule has 62 valence electrons. The van der Waals surface area contributed by atoms with E-state index in [-0.39, 0.29) is 15.0 Å². The first-order valence-corrected chi connectivity index (χ1v) is 5.57. The SMILES string of the molecule is COc1ccc(C[Se]C#N)cc1. The van der Waals surface area contributed by atoms with Gasteiger partial charge in [-0.1, -0.05) is 0 Å². The first-order chi connectivity index (χ1) is 5.86. The van der Waals surface area contributed by atoms with E-state index in [0.29, 0.717) is 0 Å². The average molecular weight is 226 g/mol. The summed E-state index contributed by atoms with van der Waals surface area (Å²) in [5.74, 6) is 0.864. The van der Waals surface area contributed by atoms with E-state index in [9.17, 15) is 0 Å². The molecule has 1 rings (SSSR count). The minimum atomic E-state index is 0.0780. The van der Waals surface area contributed by atoms with Crippen molar-refractivity contribution >= 4 is 15.0 Å². The number of hydrogen-bond acceptors (Lipinski definition) is 2. The Balaban J connectivity index is 2.60. The second kappa shape index (κ2) is 4.82. The molecule has 0 radical (unpaired) electrons. The molecule has 0 heterocycles. The zero-order valence-electron chi connectivity index (χ0n) is 6.78. The first kappa shape index (κ1) is 9.12. The molecule has 0 fully saturated rings. The Hall–Kier alpha value is -0.971. The van der Waals surface area contributed by atoms with Gasteiger partial charge in [-0.3, -0.25) is 0 Å². The van der Waals surface area contributed by atoms with Gasteiger partial charge >= 0.3 is 77.9 Å². The maximum absolute atomic E-state index is 8.38. The number of hydrogen-bond donors (Lipinski definition) is 0. The van der Waals surface area contributed by atoms with Crippen LogP contribution in [0.5, 0.6) is 5.75 Å². The summed E-state index contributed by atoms with van der Waals surface area (Å²) in [5, 5.41) is 9.26. The Morgan fingerprint density at radius 3 is 2.58 bits per heavy atom. The normalized spacial score (nSPS) is 9.00. The molecule has 0 N–H and O–H groups in total. The van der Waals surface area contributed by atoms with Crippen LogP contribution >= 0.6 is 0 Å². The van der Waals surface area contributed by atoms with Crippen molar-refractivity contribution in [1.29, 1.82) is 5.26 Å². The summed E-state index contributed by atoms with van der Waals surface area (Å²) in [5.41, 5.74) is 1.21. The number of methoxy groups -OCH3 is 1. The third-order valence-corrected chi connectivity index (χ3v) is 2.74. The predicted octanol–water partition coefficient (Wildman–Crippen LogP) is 1.38. The van der Waals surface area contributed by atoms with Crippen LogP contribution in [-0.2, 0) is 5.32 Å². The Morgan fingerprint density at radius 1 is 1.42 bits per heavy atom. The van der Waals surface area contributed by atoms with Crippen molar-refractivity contribution in [1.82, 2.24) is 0 Å². The minimum absolute atomic E-state index is 0.0780. The Kier molecular flexibility index (Phi) is 3.66. The van der Waals surface area contributed by atoms with Gasteiger partial charge in [0.05, 0.1) is 0 Å². The van der Waals surface area contributed by atoms with Gasteiger partial charge in [0.1, 0.15) is 0 Å². The summed E-state index contributed by atoms with van der Waals surface area (Å²) >= 11 is 0.0780. The van der Waals surface area contributed by atoms with Crippen LogP contribution in [0.4, 0.5) is 0 Å². The summed E-state index contributed by atoms with van der Waals surface area (Å²) in [7, 11) is 1.65. The van der Waals surface area contributed by atoms with Crippen LogP contribution in [0.15, 0.2) is 24.3 Å². The van der Waals surface area contributed by atoms with E-state index in [1.165, 1.54) is 5.56 Å². The Labute approximate surface area is 78.3 Å². The fourth-order valence-electron chi connectivity index (χ4n) is 0.837. The maximum atomic E-state index is 8.38. The van der Waals surface area contributed by atoms with Crippen LogP contribution in [0.1, 0.15) is 5.56 Å². The second-order valence-corrected chi connectivity index (χ2v) is 3.82. The summed E-state index contributed by atoms with van der Waals surface area (Å²) in [6, 6.07) is 7.83. The van der Waals surface area contributed by atoms with Crippen molar-refractivity contribution in [3.8, 4) is 10.7 Å². The Bertz CT molecular complexity index is 276. The van der Waals surface area contributed by atoms with Gasteiger partial charge in [-0.15, -0.1) is 0 Å². The molecular weight excluding hydrogens is 217 g/mol. The molecule has 0 aromatic heterocycles. The molecule has 0 aliphatic rings. The Morgan fingerprint density at radius 2 is 2.08 bits per heavy atom. The quantitative estimate of drug-likeness (QED) is 0.729. The zero-order valence-corrected chi connectivity index (χ0v) is 8.49. The molecule has 0 aliphatic carbocycles. The fraction of sp³-hybridized carbons (Fsp3) is 0.222. The molecule has 0 amide bonds. The topological polar surface area (TPSA) is 33.0 Å². The molecule has 0 unspecified atom stereocenters. The molecule has 0 spiro atoms. The van der Waals surface area contributed by atoms with Crippen LogP contribution in [0.25, 0.3) is 0 Å². The molecule has 0 saturated carbocycles. The van der Waals surface area contributed by atoms with Crippen LogP contribution in [-0.4, -0.2) is 22.1 Å². The molecule has 0 saturated heterocycles. The van der Waals surface area contributed by atoms with E-state index in [0.717, 1.165) is 11.1 Å². The summed E-state index contributed by atoms with van der Waals surface area (Å²) < 4.78 is 5.01. The van der Waals surface area contributed by atoms with Gasteiger partial charge < -0.3 is 0 Å². The van der Waals surface area contributed by atoms with Crippen molar-refractivity contribution in [2.24, 2.45) is 0 Å². The predicted molar refractivity (Wildman–Crippen MR) is 48.1 cm³/mol. The monoisotopic (exact) mass is 227 g/mol. The molecule has 1 aromatic rings. The van der Waals surface area contributed by atoms with Crippen molar-refractivity contribution in [3.05, 3.63) is 29.8 Å². The van der Waals surface area contributed by atoms with Gasteiger partial charge in [-0.25, -0.2) is 0 Å². The molecule has 1 aromatic carbocycles. The first-order valence-electron chi connectivity index (χ1n) is 3.50. The molecule has 0 atom stereocenters. The van der Waals surface area contributed by atoms with Gasteiger partial charge in [-0.05, 0) is 0 Å². The third-order valence-electron chi connectivity index (χ3n) is 1.46. The number of nitriles is 1. The standard InChI is InChI=1S/C9H9NOSe/c1-11-9-4-2-8(3-5-9)6-12-7-10/h2-5H,6H2,1H3. The van der Waals surface area contributed by atoms with Crippen LogP contribution in [0.2, 0.25) is 0 Å². The van der Waals surface area contributed by atoms with E-state index in [2.05, 4.69) is 4.97 Å². The van der Waals surface area contributed by atoms with E-state index in [1.54, 1.807) is 7.11 Å². The van der Waals surface area contributed by atoms with E-state index in [4.69, 9.17) is 10.00 Å². The van der Waals surface area contributed by atoms with Crippen LogP contribution < -0.4 is 4.74 Å². The van der Waals surface area contributed by atoms with Crippen molar-refractivity contribution in [2.75, 3.05) is 7.11 Å². The van der Waals surface area contributed by atoms with E-state index in [1.807, 2.05) is 24.3 Å². The number of benzene rings is 1. The molecule has 0 bridgehead atoms. The van der Waals surface area contributed by atoms with Gasteiger partial charge in [0, 0.05) is 0 Å². The summed E-state index contributed by atoms with van der Waals surface area (Å²) in [4.78, 5) is 2.18. The van der Waals surface area contributed by atoms with Crippen LogP contribution in [0, 0.1) is 10.2 Å². The number of rotatable bonds is 3. The summed E-state index contributed by atoms with van der Waals surface area (Å²) in [6.07, 6.45) is 0. The van der Waals surface area contributed by atoms with Gasteiger partial charge in [0.2, 0.25) is 0 Å². The van der Waals surface area contributed by atoms with Crippen LogP contribution in [0.3, 0.4) is 0 Å². The van der Waals surface area contributed by atoms with E-state index < -0.39 is 0 Å².